The Labute approximate surface area is 135 Å². The first-order valence-electron chi connectivity index (χ1n) is 7.66. The number of nitrogens with zero attached hydrogens (tertiary/aromatic N) is 1. The van der Waals surface area contributed by atoms with Gasteiger partial charge in [0.25, 0.3) is 11.5 Å². The molecule has 0 bridgehead atoms. The van der Waals surface area contributed by atoms with E-state index in [4.69, 9.17) is 9.84 Å². The van der Waals surface area contributed by atoms with Crippen LogP contribution in [0.3, 0.4) is 0 Å². The fraction of sp³-hybridized carbons (Fsp3) is 0.562. The van der Waals surface area contributed by atoms with Crippen LogP contribution in [0.4, 0.5) is 0 Å². The van der Waals surface area contributed by atoms with Crippen LogP contribution in [0, 0.1) is 12.8 Å². The van der Waals surface area contributed by atoms with Gasteiger partial charge in [0.15, 0.2) is 0 Å². The number of aromatic nitrogens is 1. The molecule has 1 unspecified atom stereocenters. The van der Waals surface area contributed by atoms with Gasteiger partial charge < -0.3 is 19.7 Å². The molecule has 0 aliphatic heterocycles. The number of carbonyl (C=O) groups is 2. The van der Waals surface area contributed by atoms with E-state index in [0.717, 1.165) is 0 Å². The molecule has 0 fully saturated rings. The Balaban J connectivity index is 2.89. The van der Waals surface area contributed by atoms with Gasteiger partial charge in [0.05, 0.1) is 5.92 Å². The monoisotopic (exact) mass is 324 g/mol. The van der Waals surface area contributed by atoms with Crippen LogP contribution in [0.25, 0.3) is 0 Å². The zero-order chi connectivity index (χ0) is 17.4. The Kier molecular flexibility index (Phi) is 7.47. The summed E-state index contributed by atoms with van der Waals surface area (Å²) in [5.74, 6) is -2.16. The van der Waals surface area contributed by atoms with Crippen molar-refractivity contribution < 1.29 is 19.4 Å². The number of aliphatic carboxylic acids is 1. The van der Waals surface area contributed by atoms with Gasteiger partial charge >= 0.3 is 5.97 Å². The molecule has 23 heavy (non-hydrogen) atoms. The van der Waals surface area contributed by atoms with Gasteiger partial charge in [-0.2, -0.15) is 0 Å². The Morgan fingerprint density at radius 3 is 2.65 bits per heavy atom. The molecule has 0 radical (unpaired) electrons. The highest BCUT2D eigenvalue weighted by molar-refractivity contribution is 5.94. The summed E-state index contributed by atoms with van der Waals surface area (Å²) >= 11 is 0. The molecule has 7 nitrogen and oxygen atoms in total. The quantitative estimate of drug-likeness (QED) is 0.666. The van der Waals surface area contributed by atoms with Crippen LogP contribution in [0.15, 0.2) is 16.9 Å². The number of nitrogens with one attached hydrogen (secondary N) is 1. The Hall–Kier alpha value is -2.15. The zero-order valence-electron chi connectivity index (χ0n) is 13.8. The van der Waals surface area contributed by atoms with Gasteiger partial charge in [0.2, 0.25) is 0 Å². The van der Waals surface area contributed by atoms with Gasteiger partial charge in [-0.1, -0.05) is 6.92 Å². The van der Waals surface area contributed by atoms with Gasteiger partial charge in [-0.25, -0.2) is 0 Å². The van der Waals surface area contributed by atoms with E-state index in [-0.39, 0.29) is 12.1 Å². The van der Waals surface area contributed by atoms with Crippen LogP contribution in [0.1, 0.15) is 36.3 Å². The number of amides is 1. The van der Waals surface area contributed by atoms with Crippen molar-refractivity contribution in [2.75, 3.05) is 26.3 Å². The minimum atomic E-state index is -0.981. The second kappa shape index (κ2) is 9.09. The largest absolute Gasteiger partial charge is 0.481 e. The maximum atomic E-state index is 12.6. The number of aryl methyl sites for hydroxylation is 1. The van der Waals surface area contributed by atoms with E-state index in [9.17, 15) is 14.4 Å². The third kappa shape index (κ3) is 5.86. The van der Waals surface area contributed by atoms with Gasteiger partial charge in [0.1, 0.15) is 5.56 Å². The number of carbonyl (C=O) groups excluding carboxylic acids is 1. The fourth-order valence-corrected chi connectivity index (χ4v) is 2.10. The third-order valence-corrected chi connectivity index (χ3v) is 3.41. The lowest BCUT2D eigenvalue weighted by atomic mass is 10.1. The number of carboxylic acids is 1. The summed E-state index contributed by atoms with van der Waals surface area (Å²) in [6, 6.07) is 3.12. The molecule has 1 heterocycles. The van der Waals surface area contributed by atoms with E-state index in [0.29, 0.717) is 31.9 Å². The summed E-state index contributed by atoms with van der Waals surface area (Å²) in [5.41, 5.74) is 0.214. The number of ether oxygens (including phenoxy) is 1. The highest BCUT2D eigenvalue weighted by Crippen LogP contribution is 2.07. The normalized spacial score (nSPS) is 12.0. The molecule has 1 amide bonds. The van der Waals surface area contributed by atoms with E-state index < -0.39 is 23.4 Å². The molecule has 0 aliphatic carbocycles. The topological polar surface area (TPSA) is 99.7 Å². The number of H-pyrrole nitrogens is 1. The van der Waals surface area contributed by atoms with Crippen LogP contribution in [-0.2, 0) is 9.53 Å². The van der Waals surface area contributed by atoms with Crippen LogP contribution in [0.2, 0.25) is 0 Å². The maximum Gasteiger partial charge on any atom is 0.308 e. The fourth-order valence-electron chi connectivity index (χ4n) is 2.10. The van der Waals surface area contributed by atoms with Gasteiger partial charge in [-0.15, -0.1) is 0 Å². The van der Waals surface area contributed by atoms with Crippen molar-refractivity contribution in [3.8, 4) is 0 Å². The number of rotatable bonds is 9. The van der Waals surface area contributed by atoms with Crippen LogP contribution >= 0.6 is 0 Å². The molecule has 128 valence electrons. The number of carboxylic acid groups (broad SMARTS) is 1. The van der Waals surface area contributed by atoms with E-state index >= 15 is 0 Å². The van der Waals surface area contributed by atoms with Crippen molar-refractivity contribution in [2.24, 2.45) is 5.92 Å². The van der Waals surface area contributed by atoms with E-state index in [1.165, 1.54) is 17.9 Å². The van der Waals surface area contributed by atoms with Crippen LogP contribution in [-0.4, -0.2) is 53.2 Å². The summed E-state index contributed by atoms with van der Waals surface area (Å²) in [6.45, 7) is 6.58. The lowest BCUT2D eigenvalue weighted by Crippen LogP contribution is -2.40. The first-order valence-corrected chi connectivity index (χ1v) is 7.66. The number of hydrogen-bond donors (Lipinski definition) is 2. The standard InChI is InChI=1S/C16H24N2O5/c1-4-23-9-5-8-18(10-11(2)16(21)22)15(20)13-7-6-12(3)17-14(13)19/h6-7,11H,4-5,8-10H2,1-3H3,(H,17,19)(H,21,22). The molecule has 1 aromatic rings. The van der Waals surface area contributed by atoms with Crippen molar-refractivity contribution >= 4 is 11.9 Å². The predicted octanol–water partition coefficient (Wildman–Crippen LogP) is 1.27. The predicted molar refractivity (Wildman–Crippen MR) is 85.6 cm³/mol. The smallest absolute Gasteiger partial charge is 0.308 e. The second-order valence-electron chi connectivity index (χ2n) is 5.43. The first-order chi connectivity index (χ1) is 10.9. The zero-order valence-corrected chi connectivity index (χ0v) is 13.8. The molecular formula is C16H24N2O5. The molecule has 0 saturated heterocycles. The van der Waals surface area contributed by atoms with Crippen molar-refractivity contribution in [2.45, 2.75) is 27.2 Å². The highest BCUT2D eigenvalue weighted by Gasteiger charge is 2.23. The van der Waals surface area contributed by atoms with Crippen LogP contribution in [0.5, 0.6) is 0 Å². The molecule has 7 heteroatoms. The summed E-state index contributed by atoms with van der Waals surface area (Å²) in [4.78, 5) is 39.5. The SMILES string of the molecule is CCOCCCN(CC(C)C(=O)O)C(=O)c1ccc(C)[nH]c1=O. The summed E-state index contributed by atoms with van der Waals surface area (Å²) < 4.78 is 5.24. The number of pyridine rings is 1. The minimum absolute atomic E-state index is 0.0181. The lowest BCUT2D eigenvalue weighted by molar-refractivity contribution is -0.141. The van der Waals surface area contributed by atoms with Gasteiger partial charge in [0, 0.05) is 32.0 Å². The van der Waals surface area contributed by atoms with Crippen molar-refractivity contribution in [1.29, 1.82) is 0 Å². The van der Waals surface area contributed by atoms with E-state index in [1.807, 2.05) is 6.92 Å². The minimum Gasteiger partial charge on any atom is -0.481 e. The van der Waals surface area contributed by atoms with Gasteiger partial charge in [-0.3, -0.25) is 14.4 Å². The molecule has 0 saturated carbocycles. The Morgan fingerprint density at radius 2 is 2.09 bits per heavy atom. The van der Waals surface area contributed by atoms with E-state index in [1.54, 1.807) is 13.0 Å². The molecule has 0 aliphatic rings. The molecule has 1 aromatic heterocycles. The van der Waals surface area contributed by atoms with Gasteiger partial charge in [-0.05, 0) is 32.4 Å². The molecule has 1 rings (SSSR count). The molecular weight excluding hydrogens is 300 g/mol. The average molecular weight is 324 g/mol. The lowest BCUT2D eigenvalue weighted by Gasteiger charge is -2.24. The second-order valence-corrected chi connectivity index (χ2v) is 5.43. The average Bonchev–Trinajstić information content (AvgIpc) is 2.49. The third-order valence-electron chi connectivity index (χ3n) is 3.41. The van der Waals surface area contributed by atoms with Crippen molar-refractivity contribution in [1.82, 2.24) is 9.88 Å². The molecule has 2 N–H and O–H groups in total. The van der Waals surface area contributed by atoms with Crippen molar-refractivity contribution in [3.05, 3.63) is 33.7 Å². The van der Waals surface area contributed by atoms with Crippen molar-refractivity contribution in [3.63, 3.8) is 0 Å². The molecule has 0 aromatic carbocycles. The maximum absolute atomic E-state index is 12.6. The summed E-state index contributed by atoms with van der Waals surface area (Å²) in [7, 11) is 0. The van der Waals surface area contributed by atoms with Crippen LogP contribution < -0.4 is 5.56 Å². The Morgan fingerprint density at radius 1 is 1.39 bits per heavy atom. The first kappa shape index (κ1) is 18.9. The van der Waals surface area contributed by atoms with E-state index in [2.05, 4.69) is 4.98 Å². The number of hydrogen-bond acceptors (Lipinski definition) is 4. The highest BCUT2D eigenvalue weighted by atomic mass is 16.5. The Bertz CT molecular complexity index is 596. The summed E-state index contributed by atoms with van der Waals surface area (Å²) in [5, 5.41) is 9.05. The summed E-state index contributed by atoms with van der Waals surface area (Å²) in [6.07, 6.45) is 0.579. The molecule has 0 spiro atoms. The molecule has 1 atom stereocenters. The number of aromatic amines is 1.